The number of carbonyl (C=O) groups excluding carboxylic acids is 2. The van der Waals surface area contributed by atoms with Gasteiger partial charge in [-0.15, -0.1) is 0 Å². The molecule has 166 valence electrons. The Labute approximate surface area is 191 Å². The van der Waals surface area contributed by atoms with Crippen LogP contribution in [0.15, 0.2) is 84.9 Å². The SMILES string of the molecule is CC(C)Cc1ccc([C@@H](C)NC(=O)C[C@@H](NC(=O)c2ccccc2)c2ccccc2)cc1. The molecule has 0 aliphatic heterocycles. The van der Waals surface area contributed by atoms with Crippen LogP contribution in [0.3, 0.4) is 0 Å². The molecular weight excluding hydrogens is 396 g/mol. The highest BCUT2D eigenvalue weighted by Crippen LogP contribution is 2.20. The average molecular weight is 429 g/mol. The van der Waals surface area contributed by atoms with Crippen molar-refractivity contribution in [3.63, 3.8) is 0 Å². The van der Waals surface area contributed by atoms with Crippen LogP contribution < -0.4 is 10.6 Å². The highest BCUT2D eigenvalue weighted by molar-refractivity contribution is 5.94. The predicted molar refractivity (Wildman–Crippen MR) is 129 cm³/mol. The minimum Gasteiger partial charge on any atom is -0.350 e. The molecule has 2 N–H and O–H groups in total. The highest BCUT2D eigenvalue weighted by Gasteiger charge is 2.20. The van der Waals surface area contributed by atoms with Gasteiger partial charge in [-0.1, -0.05) is 86.6 Å². The normalized spacial score (nSPS) is 12.8. The first kappa shape index (κ1) is 23.3. The topological polar surface area (TPSA) is 58.2 Å². The van der Waals surface area contributed by atoms with Crippen LogP contribution in [-0.4, -0.2) is 11.8 Å². The summed E-state index contributed by atoms with van der Waals surface area (Å²) in [6.07, 6.45) is 1.21. The fourth-order valence-electron chi connectivity index (χ4n) is 3.75. The van der Waals surface area contributed by atoms with Gasteiger partial charge in [0.15, 0.2) is 0 Å². The molecule has 0 fully saturated rings. The van der Waals surface area contributed by atoms with Crippen LogP contribution in [0.4, 0.5) is 0 Å². The van der Waals surface area contributed by atoms with Crippen molar-refractivity contribution in [2.45, 2.75) is 45.7 Å². The number of benzene rings is 3. The summed E-state index contributed by atoms with van der Waals surface area (Å²) in [4.78, 5) is 25.6. The molecule has 0 saturated heterocycles. The summed E-state index contributed by atoms with van der Waals surface area (Å²) >= 11 is 0. The molecule has 2 atom stereocenters. The van der Waals surface area contributed by atoms with Crippen molar-refractivity contribution in [1.29, 1.82) is 0 Å². The van der Waals surface area contributed by atoms with Gasteiger partial charge in [0, 0.05) is 5.56 Å². The smallest absolute Gasteiger partial charge is 0.251 e. The molecule has 0 radical (unpaired) electrons. The first-order valence-corrected chi connectivity index (χ1v) is 11.2. The van der Waals surface area contributed by atoms with E-state index in [-0.39, 0.29) is 24.3 Å². The molecular formula is C28H32N2O2. The molecule has 0 aliphatic carbocycles. The third-order valence-electron chi connectivity index (χ3n) is 5.43. The molecule has 0 saturated carbocycles. The zero-order chi connectivity index (χ0) is 22.9. The van der Waals surface area contributed by atoms with Gasteiger partial charge in [0.1, 0.15) is 0 Å². The summed E-state index contributed by atoms with van der Waals surface area (Å²) < 4.78 is 0. The molecule has 0 heterocycles. The van der Waals surface area contributed by atoms with Gasteiger partial charge in [-0.25, -0.2) is 0 Å². The molecule has 3 aromatic rings. The van der Waals surface area contributed by atoms with Crippen LogP contribution in [0.1, 0.15) is 66.3 Å². The van der Waals surface area contributed by atoms with Crippen LogP contribution in [-0.2, 0) is 11.2 Å². The highest BCUT2D eigenvalue weighted by atomic mass is 16.2. The summed E-state index contributed by atoms with van der Waals surface area (Å²) in [6, 6.07) is 26.6. The van der Waals surface area contributed by atoms with Crippen LogP contribution in [0, 0.1) is 5.92 Å². The van der Waals surface area contributed by atoms with E-state index in [4.69, 9.17) is 0 Å². The van der Waals surface area contributed by atoms with Crippen molar-refractivity contribution in [1.82, 2.24) is 10.6 Å². The predicted octanol–water partition coefficient (Wildman–Crippen LogP) is 5.62. The second kappa shape index (κ2) is 11.3. The second-order valence-electron chi connectivity index (χ2n) is 8.64. The van der Waals surface area contributed by atoms with E-state index in [2.05, 4.69) is 48.7 Å². The van der Waals surface area contributed by atoms with Crippen molar-refractivity contribution in [2.75, 3.05) is 0 Å². The van der Waals surface area contributed by atoms with E-state index in [1.807, 2.05) is 55.5 Å². The molecule has 4 nitrogen and oxygen atoms in total. The summed E-state index contributed by atoms with van der Waals surface area (Å²) in [7, 11) is 0. The molecule has 0 bridgehead atoms. The molecule has 0 aromatic heterocycles. The van der Waals surface area contributed by atoms with E-state index in [0.717, 1.165) is 17.5 Å². The van der Waals surface area contributed by atoms with E-state index in [1.165, 1.54) is 5.56 Å². The molecule has 32 heavy (non-hydrogen) atoms. The van der Waals surface area contributed by atoms with E-state index in [9.17, 15) is 9.59 Å². The summed E-state index contributed by atoms with van der Waals surface area (Å²) in [5.41, 5.74) is 3.84. The molecule has 0 aliphatic rings. The summed E-state index contributed by atoms with van der Waals surface area (Å²) in [6.45, 7) is 6.39. The van der Waals surface area contributed by atoms with E-state index >= 15 is 0 Å². The van der Waals surface area contributed by atoms with Gasteiger partial charge in [-0.05, 0) is 48.1 Å². The Kier molecular flexibility index (Phi) is 8.20. The molecule has 3 rings (SSSR count). The average Bonchev–Trinajstić information content (AvgIpc) is 2.79. The van der Waals surface area contributed by atoms with Crippen LogP contribution in [0.5, 0.6) is 0 Å². The Morgan fingerprint density at radius 3 is 1.91 bits per heavy atom. The number of carbonyl (C=O) groups is 2. The monoisotopic (exact) mass is 428 g/mol. The fraction of sp³-hybridized carbons (Fsp3) is 0.286. The molecule has 3 aromatic carbocycles. The first-order valence-electron chi connectivity index (χ1n) is 11.2. The minimum atomic E-state index is -0.412. The van der Waals surface area contributed by atoms with E-state index < -0.39 is 6.04 Å². The van der Waals surface area contributed by atoms with E-state index in [1.54, 1.807) is 12.1 Å². The zero-order valence-corrected chi connectivity index (χ0v) is 19.0. The van der Waals surface area contributed by atoms with Crippen molar-refractivity contribution >= 4 is 11.8 Å². The van der Waals surface area contributed by atoms with Crippen LogP contribution in [0.25, 0.3) is 0 Å². The Morgan fingerprint density at radius 2 is 1.31 bits per heavy atom. The molecule has 4 heteroatoms. The van der Waals surface area contributed by atoms with Gasteiger partial charge in [0.2, 0.25) is 5.91 Å². The molecule has 0 unspecified atom stereocenters. The number of hydrogen-bond acceptors (Lipinski definition) is 2. The number of amides is 2. The Balaban J connectivity index is 1.66. The van der Waals surface area contributed by atoms with Gasteiger partial charge in [-0.3, -0.25) is 9.59 Å². The number of nitrogens with one attached hydrogen (secondary N) is 2. The Bertz CT molecular complexity index is 999. The van der Waals surface area contributed by atoms with Crippen molar-refractivity contribution in [3.05, 3.63) is 107 Å². The van der Waals surface area contributed by atoms with Gasteiger partial charge in [0.05, 0.1) is 18.5 Å². The molecule has 2 amide bonds. The fourth-order valence-corrected chi connectivity index (χ4v) is 3.75. The third-order valence-corrected chi connectivity index (χ3v) is 5.43. The maximum Gasteiger partial charge on any atom is 0.251 e. The first-order chi connectivity index (χ1) is 15.4. The lowest BCUT2D eigenvalue weighted by atomic mass is 9.99. The van der Waals surface area contributed by atoms with Gasteiger partial charge >= 0.3 is 0 Å². The van der Waals surface area contributed by atoms with Crippen LogP contribution >= 0.6 is 0 Å². The van der Waals surface area contributed by atoms with E-state index in [0.29, 0.717) is 11.5 Å². The van der Waals surface area contributed by atoms with Crippen molar-refractivity contribution in [2.24, 2.45) is 5.92 Å². The Hall–Kier alpha value is -3.40. The van der Waals surface area contributed by atoms with Gasteiger partial charge < -0.3 is 10.6 Å². The lowest BCUT2D eigenvalue weighted by Crippen LogP contribution is -2.34. The van der Waals surface area contributed by atoms with Crippen molar-refractivity contribution < 1.29 is 9.59 Å². The van der Waals surface area contributed by atoms with Crippen LogP contribution in [0.2, 0.25) is 0 Å². The Morgan fingerprint density at radius 1 is 0.719 bits per heavy atom. The lowest BCUT2D eigenvalue weighted by molar-refractivity contribution is -0.122. The lowest BCUT2D eigenvalue weighted by Gasteiger charge is -2.21. The van der Waals surface area contributed by atoms with Gasteiger partial charge in [-0.2, -0.15) is 0 Å². The molecule has 0 spiro atoms. The standard InChI is InChI=1S/C28H32N2O2/c1-20(2)18-22-14-16-23(17-15-22)21(3)29-27(31)19-26(24-10-6-4-7-11-24)30-28(32)25-12-8-5-9-13-25/h4-17,20-21,26H,18-19H2,1-3H3,(H,29,31)(H,30,32)/t21-,26-/m1/s1. The summed E-state index contributed by atoms with van der Waals surface area (Å²) in [5, 5.41) is 6.10. The largest absolute Gasteiger partial charge is 0.350 e. The second-order valence-corrected chi connectivity index (χ2v) is 8.64. The van der Waals surface area contributed by atoms with Gasteiger partial charge in [0.25, 0.3) is 5.91 Å². The third kappa shape index (κ3) is 6.81. The maximum atomic E-state index is 12.9. The maximum absolute atomic E-state index is 12.9. The quantitative estimate of drug-likeness (QED) is 0.464. The number of hydrogen-bond donors (Lipinski definition) is 2. The number of rotatable bonds is 9. The minimum absolute atomic E-state index is 0.106. The van der Waals surface area contributed by atoms with Crippen molar-refractivity contribution in [3.8, 4) is 0 Å². The summed E-state index contributed by atoms with van der Waals surface area (Å²) in [5.74, 6) is 0.311. The zero-order valence-electron chi connectivity index (χ0n) is 19.0.